The van der Waals surface area contributed by atoms with Gasteiger partial charge in [0.05, 0.1) is 0 Å². The summed E-state index contributed by atoms with van der Waals surface area (Å²) in [6.07, 6.45) is -5.65. The second-order valence-electron chi connectivity index (χ2n) is 13.8. The molecule has 0 heterocycles. The third kappa shape index (κ3) is 8.61. The lowest BCUT2D eigenvalue weighted by molar-refractivity contribution is -0.131. The van der Waals surface area contributed by atoms with Crippen LogP contribution >= 0.6 is 0 Å². The average molecular weight is 996 g/mol. The minimum atomic E-state index is -7.22. The number of rotatable bonds is 9. The van der Waals surface area contributed by atoms with Crippen LogP contribution in [0.15, 0.2) is 59.5 Å². The monoisotopic (exact) mass is 996 g/mol. The number of ether oxygens (including phenoxy) is 1. The molecule has 0 aliphatic heterocycles. The van der Waals surface area contributed by atoms with E-state index in [4.69, 9.17) is 4.74 Å². The van der Waals surface area contributed by atoms with Crippen LogP contribution in [0, 0.1) is 116 Å². The minimum Gasteiger partial charge on any atom is -0.427 e. The van der Waals surface area contributed by atoms with Gasteiger partial charge in [0.1, 0.15) is 74.6 Å². The summed E-state index contributed by atoms with van der Waals surface area (Å²) in [5.41, 5.74) is -13.8. The maximum Gasteiger partial charge on any atom is 0.308 e. The van der Waals surface area contributed by atoms with Gasteiger partial charge < -0.3 is 4.74 Å². The van der Waals surface area contributed by atoms with E-state index in [1.165, 1.54) is 6.92 Å². The van der Waals surface area contributed by atoms with Crippen LogP contribution in [0.25, 0.3) is 0 Å². The van der Waals surface area contributed by atoms with E-state index in [9.17, 15) is 66.5 Å². The van der Waals surface area contributed by atoms with E-state index in [1.54, 1.807) is 54.8 Å². The first kappa shape index (κ1) is 51.3. The van der Waals surface area contributed by atoms with Gasteiger partial charge in [-0.15, -0.1) is 21.9 Å². The van der Waals surface area contributed by atoms with Crippen LogP contribution in [0.4, 0.5) is 87.8 Å². The normalized spacial score (nSPS) is 12.4. The number of Topliss-reactive ketones (excluding diaryl/α,β-unsaturated/α-hetero) is 1. The Morgan fingerprint density at radius 1 is 0.418 bits per heavy atom. The molecule has 0 aliphatic carbocycles. The molecule has 0 amide bonds. The fourth-order valence-electron chi connectivity index (χ4n) is 6.88. The largest absolute Gasteiger partial charge is 0.427 e. The molecular formula is C41H17BF20O4S. The fraction of sp³-hybridized carbons (Fsp3) is 0.0732. The summed E-state index contributed by atoms with van der Waals surface area (Å²) in [4.78, 5) is 23.6. The van der Waals surface area contributed by atoms with Crippen LogP contribution in [0.2, 0.25) is 0 Å². The summed E-state index contributed by atoms with van der Waals surface area (Å²) in [6, 6.07) is 15.2. The minimum absolute atomic E-state index is 0.0517. The maximum atomic E-state index is 15.4. The highest BCUT2D eigenvalue weighted by Crippen LogP contribution is 2.31. The van der Waals surface area contributed by atoms with Gasteiger partial charge in [0, 0.05) is 12.5 Å². The lowest BCUT2D eigenvalue weighted by Crippen LogP contribution is -2.81. The van der Waals surface area contributed by atoms with Gasteiger partial charge in [0.2, 0.25) is 5.78 Å². The molecule has 6 aromatic rings. The smallest absolute Gasteiger partial charge is 0.308 e. The van der Waals surface area contributed by atoms with Crippen LogP contribution in [0.3, 0.4) is 0 Å². The standard InChI is InChI=1S/C24BF20.C17H17O4S/c26-5-1(6(27)14(35)21(42)13(5)34)25(2-7(28)15(36)22(43)16(37)8(2)29,3-9(30)17(38)23(44)18(39)10(3)31)4-11(32)19(40)24(45)20(41)12(4)33;1-13(18)21-15-8-10-16(11-9-15)22(2,20)12-17(19)14-6-4-3-5-7-14/h;3-11H,12H2,1-2H3/q-1;+1. The Kier molecular flexibility index (Phi) is 14.4. The number of esters is 1. The molecule has 0 fully saturated rings. The SMILES string of the molecule is CC(=O)Oc1ccc([S+](C)(=O)CC(=O)c2ccccc2)cc1.Fc1c(F)c(F)c([B-](c2c(F)c(F)c(F)c(F)c2F)(c2c(F)c(F)c(F)c(F)c2F)c2c(F)c(F)c(F)c(F)c2F)c(F)c1F. The quantitative estimate of drug-likeness (QED) is 0.0213. The summed E-state index contributed by atoms with van der Waals surface area (Å²) in [5, 5.41) is 0. The Bertz CT molecular complexity index is 2680. The first-order chi connectivity index (χ1) is 31.1. The predicted molar refractivity (Wildman–Crippen MR) is 195 cm³/mol. The van der Waals surface area contributed by atoms with Gasteiger partial charge >= 0.3 is 5.97 Å². The van der Waals surface area contributed by atoms with E-state index in [0.29, 0.717) is 16.2 Å². The Hall–Kier alpha value is -6.73. The van der Waals surface area contributed by atoms with Crippen LogP contribution in [0.5, 0.6) is 5.75 Å². The second-order valence-corrected chi connectivity index (χ2v) is 16.6. The van der Waals surface area contributed by atoms with Crippen molar-refractivity contribution in [2.24, 2.45) is 0 Å². The molecule has 0 saturated heterocycles. The number of carbonyl (C=O) groups is 2. The molecule has 0 radical (unpaired) electrons. The van der Waals surface area contributed by atoms with Crippen LogP contribution < -0.4 is 26.6 Å². The van der Waals surface area contributed by atoms with E-state index in [0.717, 1.165) is 0 Å². The highest BCUT2D eigenvalue weighted by molar-refractivity contribution is 8.03. The first-order valence-corrected chi connectivity index (χ1v) is 19.8. The van der Waals surface area contributed by atoms with E-state index < -0.39 is 160 Å². The maximum absolute atomic E-state index is 15.4. The molecule has 354 valence electrons. The second kappa shape index (κ2) is 18.9. The Balaban J connectivity index is 0.000000319. The number of carbonyl (C=O) groups excluding carboxylic acids is 2. The molecule has 0 saturated carbocycles. The van der Waals surface area contributed by atoms with Gasteiger partial charge in [-0.25, -0.2) is 87.8 Å². The molecular weight excluding hydrogens is 979 g/mol. The highest BCUT2D eigenvalue weighted by atomic mass is 32.2. The molecule has 4 nitrogen and oxygen atoms in total. The van der Waals surface area contributed by atoms with Gasteiger partial charge in [-0.2, -0.15) is 0 Å². The van der Waals surface area contributed by atoms with Crippen molar-refractivity contribution in [1.82, 2.24) is 0 Å². The Morgan fingerprint density at radius 3 is 0.925 bits per heavy atom. The van der Waals surface area contributed by atoms with Gasteiger partial charge in [-0.1, -0.05) is 34.5 Å². The van der Waals surface area contributed by atoms with Gasteiger partial charge in [0.15, 0.2) is 80.5 Å². The number of benzene rings is 6. The average Bonchev–Trinajstić information content (AvgIpc) is 3.29. The first-order valence-electron chi connectivity index (χ1n) is 17.7. The lowest BCUT2D eigenvalue weighted by atomic mass is 9.12. The highest BCUT2D eigenvalue weighted by Gasteiger charge is 2.52. The van der Waals surface area contributed by atoms with Gasteiger partial charge in [-0.3, -0.25) is 9.59 Å². The topological polar surface area (TPSA) is 60.4 Å². The Labute approximate surface area is 361 Å². The number of hydrogen-bond donors (Lipinski definition) is 0. The molecule has 0 bridgehead atoms. The van der Waals surface area contributed by atoms with Crippen LogP contribution in [-0.2, 0) is 18.9 Å². The summed E-state index contributed by atoms with van der Waals surface area (Å²) in [7, 11) is -2.49. The van der Waals surface area contributed by atoms with Gasteiger partial charge in [-0.05, 0) is 24.3 Å². The number of hydrogen-bond acceptors (Lipinski definition) is 4. The van der Waals surface area contributed by atoms with Crippen molar-refractivity contribution in [3.8, 4) is 5.75 Å². The van der Waals surface area contributed by atoms with Crippen LogP contribution in [-0.4, -0.2) is 29.9 Å². The molecule has 0 N–H and O–H groups in total. The summed E-state index contributed by atoms with van der Waals surface area (Å²) in [5.74, 6) is -71.6. The van der Waals surface area contributed by atoms with Crippen molar-refractivity contribution in [3.63, 3.8) is 0 Å². The third-order valence-corrected chi connectivity index (χ3v) is 11.9. The fourth-order valence-corrected chi connectivity index (χ4v) is 8.42. The molecule has 1 unspecified atom stereocenters. The molecule has 0 aromatic heterocycles. The molecule has 0 aliphatic rings. The van der Waals surface area contributed by atoms with Crippen molar-refractivity contribution in [1.29, 1.82) is 0 Å². The zero-order chi connectivity index (χ0) is 50.5. The van der Waals surface area contributed by atoms with Crippen LogP contribution in [0.1, 0.15) is 17.3 Å². The number of halogens is 20. The van der Waals surface area contributed by atoms with E-state index in [2.05, 4.69) is 0 Å². The lowest BCUT2D eigenvalue weighted by Gasteiger charge is -2.44. The third-order valence-electron chi connectivity index (χ3n) is 9.79. The van der Waals surface area contributed by atoms with Crippen molar-refractivity contribution in [3.05, 3.63) is 177 Å². The molecule has 67 heavy (non-hydrogen) atoms. The predicted octanol–water partition coefficient (Wildman–Crippen LogP) is 8.83. The van der Waals surface area contributed by atoms with Crippen molar-refractivity contribution >= 4 is 49.7 Å². The summed E-state index contributed by atoms with van der Waals surface area (Å²) in [6.45, 7) is 1.31. The molecule has 26 heteroatoms. The molecule has 6 rings (SSSR count). The van der Waals surface area contributed by atoms with E-state index in [-0.39, 0.29) is 11.5 Å². The van der Waals surface area contributed by atoms with Gasteiger partial charge in [0.25, 0.3) is 0 Å². The van der Waals surface area contributed by atoms with Crippen molar-refractivity contribution in [2.75, 3.05) is 12.0 Å². The zero-order valence-electron chi connectivity index (χ0n) is 32.6. The summed E-state index contributed by atoms with van der Waals surface area (Å²) >= 11 is 0. The zero-order valence-corrected chi connectivity index (χ0v) is 33.4. The van der Waals surface area contributed by atoms with E-state index in [1.807, 2.05) is 6.07 Å². The number of ketones is 1. The molecule has 6 aromatic carbocycles. The Morgan fingerprint density at radius 2 is 0.672 bits per heavy atom. The van der Waals surface area contributed by atoms with E-state index >= 15 is 35.1 Å². The van der Waals surface area contributed by atoms with Crippen molar-refractivity contribution < 1.29 is 106 Å². The summed E-state index contributed by atoms with van der Waals surface area (Å²) < 4.78 is 312. The molecule has 0 spiro atoms. The van der Waals surface area contributed by atoms with Crippen molar-refractivity contribution in [2.45, 2.75) is 11.8 Å². The molecule has 1 atom stereocenters.